The van der Waals surface area contributed by atoms with E-state index >= 15 is 0 Å². The summed E-state index contributed by atoms with van der Waals surface area (Å²) in [6.07, 6.45) is 1.75. The lowest BCUT2D eigenvalue weighted by Crippen LogP contribution is -2.48. The first-order chi connectivity index (χ1) is 11.1. The lowest BCUT2D eigenvalue weighted by Gasteiger charge is -2.35. The number of anilines is 1. The number of pyridine rings is 1. The Morgan fingerprint density at radius 2 is 1.70 bits per heavy atom. The van der Waals surface area contributed by atoms with Crippen molar-refractivity contribution in [1.82, 2.24) is 14.8 Å². The lowest BCUT2D eigenvalue weighted by molar-refractivity contribution is -0.129. The van der Waals surface area contributed by atoms with Gasteiger partial charge in [-0.1, -0.05) is 0 Å². The number of hydrogen-bond donors (Lipinski definition) is 0. The highest BCUT2D eigenvalue weighted by atomic mass is 16.5. The normalized spacial score (nSPS) is 18.9. The maximum Gasteiger partial charge on any atom is 0.272 e. The summed E-state index contributed by atoms with van der Waals surface area (Å²) in [5.41, 5.74) is 1.46. The third-order valence-corrected chi connectivity index (χ3v) is 4.36. The minimum Gasteiger partial charge on any atom is -0.378 e. The van der Waals surface area contributed by atoms with Gasteiger partial charge in [-0.05, 0) is 12.1 Å². The van der Waals surface area contributed by atoms with Crippen LogP contribution in [0.1, 0.15) is 17.4 Å². The van der Waals surface area contributed by atoms with Gasteiger partial charge in [-0.25, -0.2) is 4.98 Å². The summed E-state index contributed by atoms with van der Waals surface area (Å²) in [4.78, 5) is 33.9. The van der Waals surface area contributed by atoms with Crippen LogP contribution in [0.2, 0.25) is 0 Å². The average Bonchev–Trinajstić information content (AvgIpc) is 2.62. The van der Waals surface area contributed by atoms with Gasteiger partial charge in [-0.2, -0.15) is 0 Å². The van der Waals surface area contributed by atoms with E-state index in [-0.39, 0.29) is 11.8 Å². The second-order valence-electron chi connectivity index (χ2n) is 5.80. The molecule has 1 aromatic heterocycles. The first-order valence-corrected chi connectivity index (χ1v) is 7.98. The Kier molecular flexibility index (Phi) is 4.76. The fourth-order valence-corrected chi connectivity index (χ4v) is 2.91. The zero-order valence-corrected chi connectivity index (χ0v) is 13.4. The Bertz CT molecular complexity index is 561. The van der Waals surface area contributed by atoms with E-state index in [1.807, 2.05) is 11.0 Å². The quantitative estimate of drug-likeness (QED) is 0.780. The van der Waals surface area contributed by atoms with Crippen LogP contribution in [0, 0.1) is 0 Å². The summed E-state index contributed by atoms with van der Waals surface area (Å²) >= 11 is 0. The first kappa shape index (κ1) is 15.7. The van der Waals surface area contributed by atoms with Crippen molar-refractivity contribution >= 4 is 17.5 Å². The van der Waals surface area contributed by atoms with Gasteiger partial charge in [0.1, 0.15) is 5.69 Å². The molecule has 0 N–H and O–H groups in total. The molecule has 0 unspecified atom stereocenters. The summed E-state index contributed by atoms with van der Waals surface area (Å²) in [6.45, 7) is 7.05. The molecule has 0 aromatic carbocycles. The number of piperazine rings is 1. The van der Waals surface area contributed by atoms with E-state index < -0.39 is 0 Å². The van der Waals surface area contributed by atoms with Crippen molar-refractivity contribution in [2.75, 3.05) is 57.4 Å². The summed E-state index contributed by atoms with van der Waals surface area (Å²) < 4.78 is 5.26. The Morgan fingerprint density at radius 3 is 2.26 bits per heavy atom. The summed E-state index contributed by atoms with van der Waals surface area (Å²) in [5.74, 6) is 0.0791. The third kappa shape index (κ3) is 3.61. The number of carbonyl (C=O) groups is 2. The zero-order valence-electron chi connectivity index (χ0n) is 13.4. The monoisotopic (exact) mass is 318 g/mol. The molecule has 7 nitrogen and oxygen atoms in total. The third-order valence-electron chi connectivity index (χ3n) is 4.36. The number of aromatic nitrogens is 1. The molecule has 23 heavy (non-hydrogen) atoms. The smallest absolute Gasteiger partial charge is 0.272 e. The number of ether oxygens (including phenoxy) is 1. The topological polar surface area (TPSA) is 66.0 Å². The van der Waals surface area contributed by atoms with Crippen molar-refractivity contribution < 1.29 is 14.3 Å². The molecule has 3 rings (SSSR count). The fourth-order valence-electron chi connectivity index (χ4n) is 2.91. The van der Waals surface area contributed by atoms with Crippen molar-refractivity contribution in [3.63, 3.8) is 0 Å². The van der Waals surface area contributed by atoms with Gasteiger partial charge in [-0.15, -0.1) is 0 Å². The Morgan fingerprint density at radius 1 is 1.00 bits per heavy atom. The van der Waals surface area contributed by atoms with E-state index in [0.29, 0.717) is 32.0 Å². The van der Waals surface area contributed by atoms with E-state index in [0.717, 1.165) is 31.9 Å². The highest BCUT2D eigenvalue weighted by molar-refractivity contribution is 5.92. The van der Waals surface area contributed by atoms with Crippen LogP contribution >= 0.6 is 0 Å². The largest absolute Gasteiger partial charge is 0.378 e. The van der Waals surface area contributed by atoms with E-state index in [1.54, 1.807) is 24.1 Å². The molecule has 2 aliphatic heterocycles. The van der Waals surface area contributed by atoms with E-state index in [9.17, 15) is 9.59 Å². The van der Waals surface area contributed by atoms with Crippen molar-refractivity contribution in [3.8, 4) is 0 Å². The minimum atomic E-state index is -0.0405. The molecule has 0 atom stereocenters. The molecule has 0 saturated carbocycles. The van der Waals surface area contributed by atoms with Crippen LogP contribution in [0.5, 0.6) is 0 Å². The number of nitrogens with zero attached hydrogens (tertiary/aromatic N) is 4. The van der Waals surface area contributed by atoms with Gasteiger partial charge >= 0.3 is 0 Å². The lowest BCUT2D eigenvalue weighted by atomic mass is 10.2. The van der Waals surface area contributed by atoms with Gasteiger partial charge in [0.15, 0.2) is 0 Å². The van der Waals surface area contributed by atoms with Crippen LogP contribution in [-0.2, 0) is 9.53 Å². The number of amides is 2. The van der Waals surface area contributed by atoms with E-state index in [2.05, 4.69) is 9.88 Å². The van der Waals surface area contributed by atoms with Gasteiger partial charge in [-0.3, -0.25) is 9.59 Å². The highest BCUT2D eigenvalue weighted by Crippen LogP contribution is 2.16. The molecule has 2 amide bonds. The molecule has 2 fully saturated rings. The molecule has 0 spiro atoms. The summed E-state index contributed by atoms with van der Waals surface area (Å²) in [7, 11) is 0. The van der Waals surface area contributed by atoms with Crippen molar-refractivity contribution in [1.29, 1.82) is 0 Å². The van der Waals surface area contributed by atoms with Crippen LogP contribution in [0.25, 0.3) is 0 Å². The van der Waals surface area contributed by atoms with E-state index in [4.69, 9.17) is 4.74 Å². The standard InChI is InChI=1S/C16H22N4O3/c1-13(21)18-4-6-19(7-5-18)14-2-3-15(17-12-14)16(22)20-8-10-23-11-9-20/h2-3,12H,4-11H2,1H3. The van der Waals surface area contributed by atoms with Crippen molar-refractivity contribution in [2.45, 2.75) is 6.92 Å². The van der Waals surface area contributed by atoms with Gasteiger partial charge in [0.25, 0.3) is 5.91 Å². The molecule has 3 heterocycles. The maximum atomic E-state index is 12.4. The number of rotatable bonds is 2. The van der Waals surface area contributed by atoms with Crippen LogP contribution in [0.15, 0.2) is 18.3 Å². The van der Waals surface area contributed by atoms with E-state index in [1.165, 1.54) is 0 Å². The molecule has 124 valence electrons. The second kappa shape index (κ2) is 6.95. The SMILES string of the molecule is CC(=O)N1CCN(c2ccc(C(=O)N3CCOCC3)nc2)CC1. The molecule has 0 bridgehead atoms. The molecular weight excluding hydrogens is 296 g/mol. The first-order valence-electron chi connectivity index (χ1n) is 7.98. The minimum absolute atomic E-state index is 0.0405. The summed E-state index contributed by atoms with van der Waals surface area (Å²) in [6, 6.07) is 3.72. The van der Waals surface area contributed by atoms with Crippen LogP contribution in [0.4, 0.5) is 5.69 Å². The maximum absolute atomic E-state index is 12.4. The highest BCUT2D eigenvalue weighted by Gasteiger charge is 2.21. The molecular formula is C16H22N4O3. The summed E-state index contributed by atoms with van der Waals surface area (Å²) in [5, 5.41) is 0. The van der Waals surface area contributed by atoms with Gasteiger partial charge in [0.05, 0.1) is 25.1 Å². The average molecular weight is 318 g/mol. The predicted octanol–water partition coefficient (Wildman–Crippen LogP) is 0.223. The number of carbonyl (C=O) groups excluding carboxylic acids is 2. The van der Waals surface area contributed by atoms with Crippen molar-refractivity contribution in [2.24, 2.45) is 0 Å². The number of morpholine rings is 1. The fraction of sp³-hybridized carbons (Fsp3) is 0.562. The van der Waals surface area contributed by atoms with Crippen LogP contribution in [0.3, 0.4) is 0 Å². The number of hydrogen-bond acceptors (Lipinski definition) is 5. The Balaban J connectivity index is 1.61. The van der Waals surface area contributed by atoms with Gasteiger partial charge in [0.2, 0.25) is 5.91 Å². The predicted molar refractivity (Wildman–Crippen MR) is 85.4 cm³/mol. The van der Waals surface area contributed by atoms with Gasteiger partial charge in [0, 0.05) is 46.2 Å². The van der Waals surface area contributed by atoms with Crippen LogP contribution in [-0.4, -0.2) is 79.1 Å². The van der Waals surface area contributed by atoms with Crippen molar-refractivity contribution in [3.05, 3.63) is 24.0 Å². The Hall–Kier alpha value is -2.15. The molecule has 7 heteroatoms. The molecule has 0 radical (unpaired) electrons. The Labute approximate surface area is 135 Å². The molecule has 2 saturated heterocycles. The molecule has 2 aliphatic rings. The van der Waals surface area contributed by atoms with Gasteiger partial charge < -0.3 is 19.4 Å². The van der Waals surface area contributed by atoms with Crippen LogP contribution < -0.4 is 4.90 Å². The zero-order chi connectivity index (χ0) is 16.2. The molecule has 1 aromatic rings. The second-order valence-corrected chi connectivity index (χ2v) is 5.80. The molecule has 0 aliphatic carbocycles.